The third-order valence-corrected chi connectivity index (χ3v) is 4.63. The van der Waals surface area contributed by atoms with Crippen molar-refractivity contribution in [3.8, 4) is 0 Å². The highest BCUT2D eigenvalue weighted by molar-refractivity contribution is 6.11. The topological polar surface area (TPSA) is 18.5 Å². The average Bonchev–Trinajstić information content (AvgIpc) is 2.73. The van der Waals surface area contributed by atoms with Crippen LogP contribution >= 0.6 is 0 Å². The van der Waals surface area contributed by atoms with Crippen molar-refractivity contribution >= 4 is 7.85 Å². The molecule has 23 heavy (non-hydrogen) atoms. The molecule has 4 heteroatoms. The van der Waals surface area contributed by atoms with Crippen molar-refractivity contribution in [1.29, 1.82) is 0 Å². The Morgan fingerprint density at radius 2 is 2.00 bits per heavy atom. The van der Waals surface area contributed by atoms with Crippen molar-refractivity contribution < 1.29 is 13.9 Å². The smallest absolute Gasteiger partial charge is 0.157 e. The van der Waals surface area contributed by atoms with E-state index < -0.39 is 18.3 Å². The molecule has 1 aliphatic rings. The zero-order valence-corrected chi connectivity index (χ0v) is 15.6. The number of rotatable bonds is 8. The van der Waals surface area contributed by atoms with Gasteiger partial charge in [-0.05, 0) is 30.3 Å². The van der Waals surface area contributed by atoms with Gasteiger partial charge in [-0.15, -0.1) is 0 Å². The number of allylic oxidation sites excluding steroid dienone is 3. The second-order valence-corrected chi connectivity index (χ2v) is 7.39. The molecule has 1 fully saturated rings. The quantitative estimate of drug-likeness (QED) is 0.358. The minimum absolute atomic E-state index is 0.107. The van der Waals surface area contributed by atoms with E-state index in [0.29, 0.717) is 18.8 Å². The number of hydrogen-bond donors (Lipinski definition) is 0. The summed E-state index contributed by atoms with van der Waals surface area (Å²) in [6.07, 6.45) is 2.03. The molecular weight excluding hydrogens is 290 g/mol. The van der Waals surface area contributed by atoms with Gasteiger partial charge in [-0.2, -0.15) is 0 Å². The van der Waals surface area contributed by atoms with E-state index in [1.54, 1.807) is 0 Å². The molecule has 4 unspecified atom stereocenters. The Bertz CT molecular complexity index is 431. The summed E-state index contributed by atoms with van der Waals surface area (Å²) >= 11 is 0. The van der Waals surface area contributed by atoms with Crippen LogP contribution in [0.15, 0.2) is 24.0 Å². The highest BCUT2D eigenvalue weighted by atomic mass is 19.1. The molecule has 1 saturated heterocycles. The molecular formula is C19H32BFO2. The summed E-state index contributed by atoms with van der Waals surface area (Å²) in [5.41, 5.74) is 1.07. The molecule has 0 aromatic heterocycles. The number of hydrogen-bond acceptors (Lipinski definition) is 2. The standard InChI is InChI=1S/C19H32BFO2/c1-8-10-14(11-19(6,7)13(5)12(3)4)22-17-15(9-2)23-18(20)16(17)21/h10,12,15-18H,5,8-9,11H2,1-4,6-7H3. The molecule has 1 heterocycles. The molecule has 0 aliphatic carbocycles. The van der Waals surface area contributed by atoms with Gasteiger partial charge in [-0.3, -0.25) is 0 Å². The molecule has 1 aliphatic heterocycles. The first-order valence-corrected chi connectivity index (χ1v) is 8.74. The molecule has 0 aromatic rings. The second kappa shape index (κ2) is 8.37. The Morgan fingerprint density at radius 1 is 1.39 bits per heavy atom. The van der Waals surface area contributed by atoms with Gasteiger partial charge in [-0.25, -0.2) is 4.39 Å². The van der Waals surface area contributed by atoms with Crippen molar-refractivity contribution in [2.24, 2.45) is 11.3 Å². The van der Waals surface area contributed by atoms with E-state index in [9.17, 15) is 4.39 Å². The summed E-state index contributed by atoms with van der Waals surface area (Å²) in [7, 11) is 5.69. The van der Waals surface area contributed by atoms with Crippen LogP contribution in [-0.2, 0) is 9.47 Å². The fourth-order valence-corrected chi connectivity index (χ4v) is 3.11. The molecule has 0 amide bonds. The van der Waals surface area contributed by atoms with Crippen LogP contribution in [-0.4, -0.2) is 32.2 Å². The van der Waals surface area contributed by atoms with Crippen LogP contribution in [0.25, 0.3) is 0 Å². The van der Waals surface area contributed by atoms with Crippen LogP contribution in [0.1, 0.15) is 60.8 Å². The Hall–Kier alpha value is -0.765. The first-order chi connectivity index (χ1) is 10.6. The summed E-state index contributed by atoms with van der Waals surface area (Å²) in [5.74, 6) is 1.21. The van der Waals surface area contributed by atoms with Crippen molar-refractivity contribution in [3.05, 3.63) is 24.0 Å². The summed E-state index contributed by atoms with van der Waals surface area (Å²) < 4.78 is 25.8. The predicted molar refractivity (Wildman–Crippen MR) is 95.2 cm³/mol. The largest absolute Gasteiger partial charge is 0.489 e. The molecule has 130 valence electrons. The van der Waals surface area contributed by atoms with E-state index in [0.717, 1.165) is 12.2 Å². The summed E-state index contributed by atoms with van der Waals surface area (Å²) in [4.78, 5) is 0. The molecule has 0 bridgehead atoms. The monoisotopic (exact) mass is 322 g/mol. The van der Waals surface area contributed by atoms with Crippen LogP contribution in [0.4, 0.5) is 4.39 Å². The van der Waals surface area contributed by atoms with Gasteiger partial charge in [0, 0.05) is 6.42 Å². The zero-order valence-electron chi connectivity index (χ0n) is 15.6. The maximum absolute atomic E-state index is 14.3. The Labute approximate surface area is 142 Å². The lowest BCUT2D eigenvalue weighted by Gasteiger charge is -2.32. The van der Waals surface area contributed by atoms with Crippen LogP contribution in [0.5, 0.6) is 0 Å². The van der Waals surface area contributed by atoms with Gasteiger partial charge in [0.1, 0.15) is 7.85 Å². The lowest BCUT2D eigenvalue weighted by Crippen LogP contribution is -2.33. The van der Waals surface area contributed by atoms with Gasteiger partial charge in [0.25, 0.3) is 0 Å². The second-order valence-electron chi connectivity index (χ2n) is 7.39. The summed E-state index contributed by atoms with van der Waals surface area (Å²) in [6, 6.07) is -0.897. The molecule has 2 nitrogen and oxygen atoms in total. The third kappa shape index (κ3) is 5.10. The van der Waals surface area contributed by atoms with Crippen molar-refractivity contribution in [3.63, 3.8) is 0 Å². The van der Waals surface area contributed by atoms with Crippen molar-refractivity contribution in [2.75, 3.05) is 0 Å². The van der Waals surface area contributed by atoms with Gasteiger partial charge >= 0.3 is 0 Å². The number of alkyl halides is 1. The van der Waals surface area contributed by atoms with Gasteiger partial charge in [0.05, 0.1) is 17.9 Å². The third-order valence-electron chi connectivity index (χ3n) is 4.63. The van der Waals surface area contributed by atoms with E-state index in [-0.39, 0.29) is 11.5 Å². The molecule has 1 rings (SSSR count). The maximum Gasteiger partial charge on any atom is 0.157 e. The van der Waals surface area contributed by atoms with Gasteiger partial charge in [0.2, 0.25) is 0 Å². The molecule has 4 atom stereocenters. The van der Waals surface area contributed by atoms with Crippen molar-refractivity contribution in [2.45, 2.75) is 85.2 Å². The van der Waals surface area contributed by atoms with Gasteiger partial charge in [-0.1, -0.05) is 53.7 Å². The summed E-state index contributed by atoms with van der Waals surface area (Å²) in [6.45, 7) is 16.8. The van der Waals surface area contributed by atoms with Crippen LogP contribution in [0.2, 0.25) is 0 Å². The maximum atomic E-state index is 14.3. The van der Waals surface area contributed by atoms with E-state index in [1.807, 2.05) is 13.0 Å². The van der Waals surface area contributed by atoms with E-state index in [1.165, 1.54) is 5.57 Å². The Balaban J connectivity index is 2.88. The Morgan fingerprint density at radius 3 is 2.48 bits per heavy atom. The predicted octanol–water partition coefficient (Wildman–Crippen LogP) is 4.94. The van der Waals surface area contributed by atoms with Gasteiger partial charge in [0.15, 0.2) is 12.3 Å². The molecule has 0 aromatic carbocycles. The summed E-state index contributed by atoms with van der Waals surface area (Å²) in [5, 5.41) is 0. The van der Waals surface area contributed by atoms with Crippen LogP contribution in [0.3, 0.4) is 0 Å². The molecule has 0 saturated carbocycles. The minimum atomic E-state index is -1.29. The van der Waals surface area contributed by atoms with E-state index in [2.05, 4.69) is 41.2 Å². The highest BCUT2D eigenvalue weighted by Gasteiger charge is 2.43. The van der Waals surface area contributed by atoms with E-state index >= 15 is 0 Å². The lowest BCUT2D eigenvalue weighted by atomic mass is 9.76. The average molecular weight is 322 g/mol. The van der Waals surface area contributed by atoms with Gasteiger partial charge < -0.3 is 9.47 Å². The van der Waals surface area contributed by atoms with Crippen molar-refractivity contribution in [1.82, 2.24) is 0 Å². The first kappa shape index (κ1) is 20.3. The Kier molecular flexibility index (Phi) is 7.38. The fraction of sp³-hybridized carbons (Fsp3) is 0.789. The highest BCUT2D eigenvalue weighted by Crippen LogP contribution is 2.38. The fourth-order valence-electron chi connectivity index (χ4n) is 3.11. The number of halogens is 1. The molecule has 0 spiro atoms. The molecule has 2 radical (unpaired) electrons. The first-order valence-electron chi connectivity index (χ1n) is 8.74. The zero-order chi connectivity index (χ0) is 17.8. The van der Waals surface area contributed by atoms with Crippen LogP contribution in [0, 0.1) is 11.3 Å². The van der Waals surface area contributed by atoms with E-state index in [4.69, 9.17) is 17.3 Å². The number of ether oxygens (including phenoxy) is 2. The lowest BCUT2D eigenvalue weighted by molar-refractivity contribution is 0.00185. The molecule has 0 N–H and O–H groups in total. The minimum Gasteiger partial charge on any atom is -0.489 e. The van der Waals surface area contributed by atoms with Crippen LogP contribution < -0.4 is 0 Å². The SMILES string of the molecule is [B]C1OC(CC)C(OC(=CCC)CC(C)(C)C(=C)C(C)C)C1F. The normalized spacial score (nSPS) is 29.1.